The zero-order chi connectivity index (χ0) is 104. The van der Waals surface area contributed by atoms with E-state index >= 15 is 0 Å². The maximum Gasteiger partial charge on any atom is 0.514 e. The SMILES string of the molecule is CC[C@H](C)[C@@H]([C@@H](CC(=O)N1CCC[C@H]1[C@H](OC)[C@@H](C)C(=O)N[C@H](C)[C@@H](O)c1ccccc1)OC)N(C)C(=O)[C@@H](CC(=O)[C@H](C(C)C)N(C)C(=O)OCc1ccc(NC(=O)[C@H](C)CC(=O)[C@@H](NC(=O)CCCCCCC(=O)/C=C/C(=O)OC)C(C)C)cc1)C(C)C.COC(=O)/C=C/C(=O)CCCCCCC(=O)N[C@H](C(=O)C[C@@H](C)C(=O)Nc1ccc(COC(=O)Oc2ccc([N+](=O)[O-])cc2)cc1)C(C)C. The molecule has 1 saturated heterocycles. The van der Waals surface area contributed by atoms with Gasteiger partial charge in [-0.1, -0.05) is 177 Å². The van der Waals surface area contributed by atoms with Crippen molar-refractivity contribution in [3.8, 4) is 5.75 Å². The highest BCUT2D eigenvalue weighted by atomic mass is 16.7. The number of hydrogen-bond acceptors (Lipinski definition) is 26. The van der Waals surface area contributed by atoms with Gasteiger partial charge in [0.1, 0.15) is 19.0 Å². The molecule has 14 atom stereocenters. The molecular weight excluding hydrogens is 1790 g/mol. The number of carbonyl (C=O) groups excluding carboxylic acids is 16. The monoisotopic (exact) mass is 1940 g/mol. The number of non-ortho nitro benzene ring substituents is 1. The summed E-state index contributed by atoms with van der Waals surface area (Å²) in [5, 5.41) is 35.8. The predicted octanol–water partition coefficient (Wildman–Crippen LogP) is 14.6. The number of allylic oxidation sites excluding steroid dienone is 2. The molecular formula is C104H149N9O26. The number of Topliss-reactive ketones (excluding diaryl/α,β-unsaturated/α-hetero) is 3. The second kappa shape index (κ2) is 61.9. The molecule has 1 fully saturated rings. The molecule has 8 amide bonds. The second-order valence-corrected chi connectivity index (χ2v) is 37.1. The van der Waals surface area contributed by atoms with Gasteiger partial charge in [-0.05, 0) is 140 Å². The summed E-state index contributed by atoms with van der Waals surface area (Å²) >= 11 is 0. The third-order valence-corrected chi connectivity index (χ3v) is 24.8. The molecule has 35 heteroatoms. The van der Waals surface area contributed by atoms with E-state index in [1.54, 1.807) is 105 Å². The summed E-state index contributed by atoms with van der Waals surface area (Å²) in [6.45, 7) is 25.6. The summed E-state index contributed by atoms with van der Waals surface area (Å²) in [5.74, 6) is -8.45. The normalized spacial score (nSPS) is 15.3. The first-order valence-electron chi connectivity index (χ1n) is 48.0. The molecule has 0 saturated carbocycles. The Morgan fingerprint density at radius 3 is 1.41 bits per heavy atom. The van der Waals surface area contributed by atoms with Crippen molar-refractivity contribution in [2.24, 2.45) is 53.3 Å². The smallest absolute Gasteiger partial charge is 0.466 e. The average Bonchev–Trinajstić information content (AvgIpc) is 1.74. The molecule has 6 N–H and O–H groups in total. The molecule has 139 heavy (non-hydrogen) atoms. The molecule has 0 spiro atoms. The highest BCUT2D eigenvalue weighted by Gasteiger charge is 2.45. The standard InChI is InChI=1S/C69H106N6O15.C35H43N3O11/c1-17-45(8)63(57(87-14)40-59(80)75-37-25-29-54(75)65(89-16)47(10)67(84)70-48(11)64(82)50-26-21-20-22-27-50)73(12)68(85)53(42(2)3)39-56(78)62(44(6)7)74(13)69(86)90-41-49-31-33-51(34-32-49)71-66(83)46(9)38-55(77)61(43(4)5)72-58(79)30-24-19-18-23-28-52(76)35-36-60(81)88-15;1-23(2)33(37-31(41)10-8-6-5-7-9-28(39)17-20-32(42)47-4)30(40)21-24(3)34(43)36-26-13-11-25(12-14-26)22-48-35(44)49-29-18-15-27(16-19-29)38(45)46/h20-22,26-27,31-36,42-48,53-54,57,61-65,82H,17-19,23-25,28-30,37-41H2,1-16H3,(H,70,84)(H,71,83)(H,72,79);11-20,23-24,33H,5-10,21-22H2,1-4H3,(H,36,43)(H,37,41)/b36-35+;20-17+/t45-,46+,47+,48+,53-,54-,57+,61-,62-,63-,64+,65+;24-,33+/m01/s1. The molecule has 1 aliphatic heterocycles. The fourth-order valence-corrected chi connectivity index (χ4v) is 16.4. The van der Waals surface area contributed by atoms with E-state index < -0.39 is 113 Å². The van der Waals surface area contributed by atoms with Crippen LogP contribution in [0.3, 0.4) is 0 Å². The summed E-state index contributed by atoms with van der Waals surface area (Å²) in [5.41, 5.74) is 2.66. The van der Waals surface area contributed by atoms with Crippen molar-refractivity contribution in [1.82, 2.24) is 30.7 Å². The summed E-state index contributed by atoms with van der Waals surface area (Å²) in [7, 11) is 8.69. The fourth-order valence-electron chi connectivity index (χ4n) is 16.4. The number of ketones is 5. The Hall–Kier alpha value is -12.2. The number of benzene rings is 4. The van der Waals surface area contributed by atoms with E-state index in [0.29, 0.717) is 92.4 Å². The Kier molecular flexibility index (Phi) is 53.1. The summed E-state index contributed by atoms with van der Waals surface area (Å²) in [6.07, 6.45) is 8.35. The van der Waals surface area contributed by atoms with Crippen LogP contribution in [0.5, 0.6) is 5.75 Å². The average molecular weight is 1940 g/mol. The topological polar surface area (TPSA) is 471 Å². The molecule has 0 bridgehead atoms. The minimum atomic E-state index is -0.991. The van der Waals surface area contributed by atoms with E-state index in [9.17, 15) is 91.9 Å². The number of likely N-dealkylation sites (N-methyl/N-ethyl adjacent to an activating group) is 2. The van der Waals surface area contributed by atoms with Crippen LogP contribution in [-0.4, -0.2) is 217 Å². The van der Waals surface area contributed by atoms with Crippen molar-refractivity contribution < 1.29 is 120 Å². The number of esters is 2. The zero-order valence-electron chi connectivity index (χ0n) is 84.5. The van der Waals surface area contributed by atoms with E-state index in [2.05, 4.69) is 36.1 Å². The zero-order valence-corrected chi connectivity index (χ0v) is 84.5. The number of methoxy groups -OCH3 is 4. The van der Waals surface area contributed by atoms with Crippen LogP contribution in [-0.2, 0) is 109 Å². The van der Waals surface area contributed by atoms with Gasteiger partial charge in [-0.3, -0.25) is 67.6 Å². The molecule has 0 unspecified atom stereocenters. The maximum absolute atomic E-state index is 14.8. The van der Waals surface area contributed by atoms with Gasteiger partial charge in [0, 0.05) is 133 Å². The van der Waals surface area contributed by atoms with Crippen LogP contribution < -0.4 is 31.3 Å². The van der Waals surface area contributed by atoms with Crippen LogP contribution in [0.2, 0.25) is 0 Å². The summed E-state index contributed by atoms with van der Waals surface area (Å²) in [6, 6.07) is 23.2. The predicted molar refractivity (Wildman–Crippen MR) is 523 cm³/mol. The van der Waals surface area contributed by atoms with Crippen LogP contribution in [0.1, 0.15) is 242 Å². The van der Waals surface area contributed by atoms with Crippen LogP contribution in [0, 0.1) is 63.4 Å². The molecule has 5 rings (SSSR count). The fraction of sp³-hybridized carbons (Fsp3) is 0.577. The first-order chi connectivity index (χ1) is 65.8. The number of nitrogens with one attached hydrogen (secondary N) is 5. The first kappa shape index (κ1) is 119. The first-order valence-corrected chi connectivity index (χ1v) is 48.0. The van der Waals surface area contributed by atoms with Gasteiger partial charge in [0.15, 0.2) is 28.9 Å². The van der Waals surface area contributed by atoms with Crippen LogP contribution in [0.4, 0.5) is 26.7 Å². The number of nitro benzene ring substituents is 1. The second-order valence-electron chi connectivity index (χ2n) is 37.1. The van der Waals surface area contributed by atoms with E-state index in [4.69, 9.17) is 23.7 Å². The van der Waals surface area contributed by atoms with E-state index in [1.807, 2.05) is 87.4 Å². The highest BCUT2D eigenvalue weighted by Crippen LogP contribution is 2.33. The maximum atomic E-state index is 14.8. The number of rotatable bonds is 59. The van der Waals surface area contributed by atoms with Gasteiger partial charge in [0.05, 0.1) is 86.0 Å². The van der Waals surface area contributed by atoms with Gasteiger partial charge in [0.25, 0.3) is 5.69 Å². The van der Waals surface area contributed by atoms with E-state index in [1.165, 1.54) is 76.8 Å². The number of amides is 8. The minimum absolute atomic E-state index is 0.0576. The molecule has 0 aliphatic carbocycles. The summed E-state index contributed by atoms with van der Waals surface area (Å²) < 4.78 is 36.8. The lowest BCUT2D eigenvalue weighted by Crippen LogP contribution is -2.55. The number of likely N-dealkylation sites (tertiary alicyclic amines) is 1. The van der Waals surface area contributed by atoms with Gasteiger partial charge in [-0.15, -0.1) is 0 Å². The quantitative estimate of drug-likeness (QED) is 0.00455. The minimum Gasteiger partial charge on any atom is -0.466 e. The summed E-state index contributed by atoms with van der Waals surface area (Å²) in [4.78, 5) is 222. The Bertz CT molecular complexity index is 4730. The van der Waals surface area contributed by atoms with Gasteiger partial charge >= 0.3 is 24.2 Å². The number of aliphatic hydroxyl groups excluding tert-OH is 1. The van der Waals surface area contributed by atoms with Crippen molar-refractivity contribution in [1.29, 1.82) is 0 Å². The van der Waals surface area contributed by atoms with Gasteiger partial charge < -0.3 is 79.5 Å². The molecule has 35 nitrogen and oxygen atoms in total. The van der Waals surface area contributed by atoms with Crippen LogP contribution in [0.25, 0.3) is 0 Å². The Morgan fingerprint density at radius 2 is 0.986 bits per heavy atom. The third kappa shape index (κ3) is 41.4. The number of carbonyl (C=O) groups is 16. The third-order valence-electron chi connectivity index (χ3n) is 24.8. The Morgan fingerprint density at radius 1 is 0.518 bits per heavy atom. The van der Waals surface area contributed by atoms with Crippen molar-refractivity contribution in [3.05, 3.63) is 154 Å². The van der Waals surface area contributed by atoms with Crippen molar-refractivity contribution >= 4 is 112 Å². The van der Waals surface area contributed by atoms with Crippen LogP contribution >= 0.6 is 0 Å². The van der Waals surface area contributed by atoms with Gasteiger partial charge in [-0.25, -0.2) is 19.2 Å². The van der Waals surface area contributed by atoms with Gasteiger partial charge in [-0.2, -0.15) is 0 Å². The molecule has 1 heterocycles. The number of ether oxygens (including phenoxy) is 7. The number of unbranched alkanes of at least 4 members (excludes halogenated alkanes) is 6. The Balaban J connectivity index is 0.000000691. The van der Waals surface area contributed by atoms with Crippen LogP contribution in [0.15, 0.2) is 127 Å². The number of anilines is 2. The molecule has 1 aliphatic rings. The van der Waals surface area contributed by atoms with E-state index in [0.717, 1.165) is 31.4 Å². The van der Waals surface area contributed by atoms with Crippen molar-refractivity contribution in [3.63, 3.8) is 0 Å². The molecule has 0 radical (unpaired) electrons. The van der Waals surface area contributed by atoms with E-state index in [-0.39, 0.29) is 164 Å². The lowest BCUT2D eigenvalue weighted by Gasteiger charge is -2.41. The van der Waals surface area contributed by atoms with Gasteiger partial charge in [0.2, 0.25) is 41.4 Å². The lowest BCUT2D eigenvalue weighted by molar-refractivity contribution is -0.384. The number of nitro groups is 1. The Labute approximate surface area is 817 Å². The number of hydrogen-bond donors (Lipinski definition) is 6. The highest BCUT2D eigenvalue weighted by molar-refractivity contribution is 6.00. The molecule has 0 aromatic heterocycles. The molecule has 4 aromatic rings. The largest absolute Gasteiger partial charge is 0.514 e. The number of aliphatic hydroxyl groups is 1. The number of nitrogens with zero attached hydrogens (tertiary/aromatic N) is 4. The van der Waals surface area contributed by atoms with Crippen molar-refractivity contribution in [2.45, 2.75) is 287 Å². The molecule has 4 aromatic carbocycles. The lowest BCUT2D eigenvalue weighted by atomic mass is 9.83. The van der Waals surface area contributed by atoms with Crippen molar-refractivity contribution in [2.75, 3.05) is 59.7 Å². The molecule has 766 valence electrons.